The maximum absolute atomic E-state index is 9.51. The normalized spacial score (nSPS) is 8.75. The second-order valence-corrected chi connectivity index (χ2v) is 1.86. The molecular formula is C9H11NO2. The average Bonchev–Trinajstić information content (AvgIpc) is 2.08. The highest BCUT2D eigenvalue weighted by atomic mass is 16.4. The Labute approximate surface area is 71.4 Å². The number of carboxylic acids is 1. The van der Waals surface area contributed by atoms with Gasteiger partial charge < -0.3 is 5.11 Å². The largest absolute Gasteiger partial charge is 0.478 e. The summed E-state index contributed by atoms with van der Waals surface area (Å²) in [6, 6.07) is 5.72. The fraction of sp³-hybridized carbons (Fsp3) is 0.111. The van der Waals surface area contributed by atoms with Gasteiger partial charge in [0.1, 0.15) is 0 Å². The van der Waals surface area contributed by atoms with Crippen LogP contribution in [0.25, 0.3) is 0 Å². The Hall–Kier alpha value is -1.64. The van der Waals surface area contributed by atoms with Gasteiger partial charge in [0.05, 0.1) is 0 Å². The summed E-state index contributed by atoms with van der Waals surface area (Å²) in [5, 5.41) is 7.83. The van der Waals surface area contributed by atoms with Gasteiger partial charge in [-0.3, -0.25) is 4.98 Å². The molecule has 0 aliphatic rings. The van der Waals surface area contributed by atoms with Gasteiger partial charge >= 0.3 is 5.97 Å². The van der Waals surface area contributed by atoms with Crippen LogP contribution in [0.15, 0.2) is 42.7 Å². The zero-order valence-corrected chi connectivity index (χ0v) is 6.84. The number of aliphatic carboxylic acids is 1. The van der Waals surface area contributed by atoms with E-state index in [4.69, 9.17) is 5.11 Å². The summed E-state index contributed by atoms with van der Waals surface area (Å²) in [6.45, 7) is 1.66. The number of hydrogen-bond donors (Lipinski definition) is 1. The van der Waals surface area contributed by atoms with Gasteiger partial charge in [0, 0.05) is 18.5 Å². The first-order chi connectivity index (χ1) is 5.77. The highest BCUT2D eigenvalue weighted by Crippen LogP contribution is 1.73. The molecule has 0 spiro atoms. The molecule has 0 aliphatic carbocycles. The third kappa shape index (κ3) is 8.36. The van der Waals surface area contributed by atoms with Crippen LogP contribution in [0.3, 0.4) is 0 Å². The van der Waals surface area contributed by atoms with Crippen molar-refractivity contribution in [1.29, 1.82) is 0 Å². The maximum Gasteiger partial charge on any atom is 0.327 e. The van der Waals surface area contributed by atoms with Gasteiger partial charge in [-0.25, -0.2) is 4.79 Å². The minimum absolute atomic E-state index is 0.891. The zero-order chi connectivity index (χ0) is 9.23. The van der Waals surface area contributed by atoms with E-state index in [1.807, 2.05) is 18.2 Å². The van der Waals surface area contributed by atoms with Gasteiger partial charge in [-0.2, -0.15) is 0 Å². The van der Waals surface area contributed by atoms with Crippen molar-refractivity contribution < 1.29 is 9.90 Å². The molecule has 3 heteroatoms. The van der Waals surface area contributed by atoms with Crippen LogP contribution in [-0.4, -0.2) is 16.1 Å². The minimum Gasteiger partial charge on any atom is -0.478 e. The van der Waals surface area contributed by atoms with Crippen LogP contribution in [0, 0.1) is 0 Å². The molecule has 12 heavy (non-hydrogen) atoms. The summed E-state index contributed by atoms with van der Waals surface area (Å²) in [5.74, 6) is -0.891. The van der Waals surface area contributed by atoms with Crippen LogP contribution >= 0.6 is 0 Å². The fourth-order valence-corrected chi connectivity index (χ4v) is 0.455. The van der Waals surface area contributed by atoms with E-state index in [0.717, 1.165) is 6.08 Å². The number of aromatic nitrogens is 1. The lowest BCUT2D eigenvalue weighted by atomic mass is 10.5. The first kappa shape index (κ1) is 10.4. The van der Waals surface area contributed by atoms with Crippen molar-refractivity contribution in [2.24, 2.45) is 0 Å². The highest BCUT2D eigenvalue weighted by molar-refractivity contribution is 5.79. The van der Waals surface area contributed by atoms with Crippen LogP contribution < -0.4 is 0 Å². The lowest BCUT2D eigenvalue weighted by molar-refractivity contribution is -0.131. The molecule has 1 aromatic rings. The van der Waals surface area contributed by atoms with Crippen molar-refractivity contribution >= 4 is 5.97 Å². The Morgan fingerprint density at radius 1 is 1.33 bits per heavy atom. The van der Waals surface area contributed by atoms with E-state index in [9.17, 15) is 4.79 Å². The summed E-state index contributed by atoms with van der Waals surface area (Å²) in [4.78, 5) is 13.3. The van der Waals surface area contributed by atoms with Gasteiger partial charge in [-0.15, -0.1) is 0 Å². The number of nitrogens with zero attached hydrogens (tertiary/aromatic N) is 1. The zero-order valence-electron chi connectivity index (χ0n) is 6.84. The Balaban J connectivity index is 0.000000202. The molecule has 64 valence electrons. The smallest absolute Gasteiger partial charge is 0.327 e. The average molecular weight is 165 g/mol. The van der Waals surface area contributed by atoms with Crippen LogP contribution in [0.5, 0.6) is 0 Å². The molecule has 0 saturated carbocycles. The van der Waals surface area contributed by atoms with Crippen molar-refractivity contribution in [1.82, 2.24) is 4.98 Å². The van der Waals surface area contributed by atoms with Gasteiger partial charge in [-0.05, 0) is 19.1 Å². The van der Waals surface area contributed by atoms with Crippen molar-refractivity contribution in [3.63, 3.8) is 0 Å². The predicted octanol–water partition coefficient (Wildman–Crippen LogP) is 1.73. The van der Waals surface area contributed by atoms with E-state index in [2.05, 4.69) is 4.98 Å². The molecular weight excluding hydrogens is 154 g/mol. The van der Waals surface area contributed by atoms with Gasteiger partial charge in [0.2, 0.25) is 0 Å². The highest BCUT2D eigenvalue weighted by Gasteiger charge is 1.76. The fourth-order valence-electron chi connectivity index (χ4n) is 0.455. The Bertz CT molecular complexity index is 205. The third-order valence-corrected chi connectivity index (χ3v) is 0.876. The molecule has 0 aliphatic heterocycles. The van der Waals surface area contributed by atoms with E-state index >= 15 is 0 Å². The van der Waals surface area contributed by atoms with Crippen molar-refractivity contribution in [3.8, 4) is 0 Å². The van der Waals surface area contributed by atoms with Gasteiger partial charge in [0.15, 0.2) is 0 Å². The van der Waals surface area contributed by atoms with Gasteiger partial charge in [-0.1, -0.05) is 12.1 Å². The predicted molar refractivity (Wildman–Crippen MR) is 46.7 cm³/mol. The first-order valence-corrected chi connectivity index (χ1v) is 3.48. The second kappa shape index (κ2) is 7.47. The molecule has 0 amide bonds. The van der Waals surface area contributed by atoms with E-state index in [1.165, 1.54) is 6.08 Å². The summed E-state index contributed by atoms with van der Waals surface area (Å²) >= 11 is 0. The number of carbonyl (C=O) groups is 1. The monoisotopic (exact) mass is 165 g/mol. The van der Waals surface area contributed by atoms with Crippen molar-refractivity contribution in [3.05, 3.63) is 42.7 Å². The van der Waals surface area contributed by atoms with Crippen LogP contribution in [0.1, 0.15) is 6.92 Å². The number of carboxylic acid groups (broad SMARTS) is 1. The maximum atomic E-state index is 9.51. The summed E-state index contributed by atoms with van der Waals surface area (Å²) in [6.07, 6.45) is 6.06. The number of rotatable bonds is 1. The molecule has 0 atom stereocenters. The third-order valence-electron chi connectivity index (χ3n) is 0.876. The Kier molecular flexibility index (Phi) is 6.45. The van der Waals surface area contributed by atoms with E-state index in [1.54, 1.807) is 19.3 Å². The first-order valence-electron chi connectivity index (χ1n) is 3.48. The summed E-state index contributed by atoms with van der Waals surface area (Å²) in [7, 11) is 0. The second-order valence-electron chi connectivity index (χ2n) is 1.86. The molecule has 1 rings (SSSR count). The van der Waals surface area contributed by atoms with Crippen LogP contribution in [0.2, 0.25) is 0 Å². The molecule has 1 heterocycles. The topological polar surface area (TPSA) is 50.2 Å². The summed E-state index contributed by atoms with van der Waals surface area (Å²) in [5.41, 5.74) is 0. The van der Waals surface area contributed by atoms with Gasteiger partial charge in [0.25, 0.3) is 0 Å². The minimum atomic E-state index is -0.891. The SMILES string of the molecule is C/C=C/C(=O)O.c1ccncc1. The van der Waals surface area contributed by atoms with Crippen molar-refractivity contribution in [2.75, 3.05) is 0 Å². The summed E-state index contributed by atoms with van der Waals surface area (Å²) < 4.78 is 0. The molecule has 0 fully saturated rings. The Morgan fingerprint density at radius 2 is 1.92 bits per heavy atom. The molecule has 0 bridgehead atoms. The molecule has 1 N–H and O–H groups in total. The molecule has 0 aromatic carbocycles. The molecule has 0 unspecified atom stereocenters. The number of allylic oxidation sites excluding steroid dienone is 1. The van der Waals surface area contributed by atoms with Crippen LogP contribution in [0.4, 0.5) is 0 Å². The van der Waals surface area contributed by atoms with E-state index < -0.39 is 5.97 Å². The quantitative estimate of drug-likeness (QED) is 0.644. The number of hydrogen-bond acceptors (Lipinski definition) is 2. The van der Waals surface area contributed by atoms with E-state index in [0.29, 0.717) is 0 Å². The molecule has 1 aromatic heterocycles. The lowest BCUT2D eigenvalue weighted by Crippen LogP contribution is -1.83. The lowest BCUT2D eigenvalue weighted by Gasteiger charge is -1.70. The molecule has 3 nitrogen and oxygen atoms in total. The van der Waals surface area contributed by atoms with Crippen molar-refractivity contribution in [2.45, 2.75) is 6.92 Å². The standard InChI is InChI=1S/C5H5N.C4H6O2/c1-2-4-6-5-3-1;1-2-3-4(5)6/h1-5H;2-3H,1H3,(H,5,6)/b;3-2+. The molecule has 0 radical (unpaired) electrons. The van der Waals surface area contributed by atoms with E-state index in [-0.39, 0.29) is 0 Å². The molecule has 0 saturated heterocycles. The Morgan fingerprint density at radius 3 is 2.00 bits per heavy atom. The number of pyridine rings is 1. The van der Waals surface area contributed by atoms with Crippen LogP contribution in [-0.2, 0) is 4.79 Å².